The van der Waals surface area contributed by atoms with Gasteiger partial charge in [0.15, 0.2) is 0 Å². The van der Waals surface area contributed by atoms with Crippen LogP contribution in [0.5, 0.6) is 17.4 Å². The second-order valence-corrected chi connectivity index (χ2v) is 9.02. The van der Waals surface area contributed by atoms with Gasteiger partial charge in [0.25, 0.3) is 0 Å². The number of nitrogens with two attached hydrogens (primary N) is 1. The largest absolute Gasteiger partial charge is 0.495 e. The quantitative estimate of drug-likeness (QED) is 0.602. The fourth-order valence-corrected chi connectivity index (χ4v) is 4.54. The van der Waals surface area contributed by atoms with E-state index in [2.05, 4.69) is 31.8 Å². The first kappa shape index (κ1) is 19.6. The van der Waals surface area contributed by atoms with Crippen LogP contribution in [0.3, 0.4) is 0 Å². The smallest absolute Gasteiger partial charge is 0.243 e. The number of rotatable bonds is 4. The minimum absolute atomic E-state index is 0.0543. The molecule has 0 aliphatic carbocycles. The Morgan fingerprint density at radius 1 is 1.00 bits per heavy atom. The molecular formula is C23H25N3O2S. The van der Waals surface area contributed by atoms with E-state index in [4.69, 9.17) is 15.2 Å². The van der Waals surface area contributed by atoms with E-state index >= 15 is 0 Å². The minimum Gasteiger partial charge on any atom is -0.495 e. The molecule has 1 unspecified atom stereocenters. The van der Waals surface area contributed by atoms with Crippen molar-refractivity contribution in [3.63, 3.8) is 0 Å². The molecule has 1 atom stereocenters. The lowest BCUT2D eigenvalue weighted by atomic mass is 9.86. The van der Waals surface area contributed by atoms with Crippen molar-refractivity contribution in [1.29, 1.82) is 0 Å². The van der Waals surface area contributed by atoms with Crippen LogP contribution in [0.1, 0.15) is 26.3 Å². The number of benzene rings is 2. The molecule has 0 spiro atoms. The summed E-state index contributed by atoms with van der Waals surface area (Å²) in [6.07, 6.45) is 1.73. The van der Waals surface area contributed by atoms with Crippen molar-refractivity contribution in [3.05, 3.63) is 66.4 Å². The molecule has 1 aliphatic rings. The van der Waals surface area contributed by atoms with Crippen LogP contribution in [0.15, 0.2) is 65.7 Å². The lowest BCUT2D eigenvalue weighted by Gasteiger charge is -2.27. The Morgan fingerprint density at radius 3 is 2.52 bits per heavy atom. The first-order chi connectivity index (χ1) is 13.9. The number of hydrogen-bond donors (Lipinski definition) is 1. The Labute approximate surface area is 175 Å². The maximum absolute atomic E-state index is 6.50. The lowest BCUT2D eigenvalue weighted by molar-refractivity contribution is 0.414. The fourth-order valence-electron chi connectivity index (χ4n) is 3.49. The molecule has 5 nitrogen and oxygen atoms in total. The van der Waals surface area contributed by atoms with Crippen molar-refractivity contribution >= 4 is 23.1 Å². The predicted octanol–water partition coefficient (Wildman–Crippen LogP) is 5.67. The summed E-state index contributed by atoms with van der Waals surface area (Å²) in [5.41, 5.74) is 9.01. The molecule has 2 heterocycles. The minimum atomic E-state index is -0.300. The summed E-state index contributed by atoms with van der Waals surface area (Å²) in [6.45, 7) is 6.51. The third kappa shape index (κ3) is 3.66. The van der Waals surface area contributed by atoms with Gasteiger partial charge in [-0.05, 0) is 35.7 Å². The van der Waals surface area contributed by atoms with E-state index < -0.39 is 0 Å². The maximum atomic E-state index is 6.50. The summed E-state index contributed by atoms with van der Waals surface area (Å²) in [5.74, 6) is 2.08. The summed E-state index contributed by atoms with van der Waals surface area (Å²) >= 11 is 1.59. The SMILES string of the molecule is COc1cccc2c1N(c1cccnc1Oc1ccccc1C(C)(C)C)C(N)S2. The molecule has 6 heteroatoms. The van der Waals surface area contributed by atoms with E-state index in [9.17, 15) is 0 Å². The third-order valence-electron chi connectivity index (χ3n) is 4.84. The molecule has 0 radical (unpaired) electrons. The van der Waals surface area contributed by atoms with Crippen LogP contribution < -0.4 is 20.1 Å². The highest BCUT2D eigenvalue weighted by molar-refractivity contribution is 8.00. The van der Waals surface area contributed by atoms with Gasteiger partial charge in [-0.15, -0.1) is 0 Å². The Kier molecular flexibility index (Phi) is 5.15. The Hall–Kier alpha value is -2.70. The first-order valence-electron chi connectivity index (χ1n) is 9.51. The zero-order chi connectivity index (χ0) is 20.6. The van der Waals surface area contributed by atoms with Crippen LogP contribution in [0.25, 0.3) is 0 Å². The molecule has 150 valence electrons. The van der Waals surface area contributed by atoms with Gasteiger partial charge >= 0.3 is 0 Å². The van der Waals surface area contributed by atoms with E-state index in [0.29, 0.717) is 5.88 Å². The van der Waals surface area contributed by atoms with Crippen molar-refractivity contribution < 1.29 is 9.47 Å². The van der Waals surface area contributed by atoms with Gasteiger partial charge < -0.3 is 20.1 Å². The highest BCUT2D eigenvalue weighted by atomic mass is 32.2. The average molecular weight is 408 g/mol. The molecule has 2 aromatic carbocycles. The monoisotopic (exact) mass is 407 g/mol. The van der Waals surface area contributed by atoms with E-state index in [1.165, 1.54) is 0 Å². The molecule has 0 saturated heterocycles. The van der Waals surface area contributed by atoms with Gasteiger partial charge in [0.2, 0.25) is 5.88 Å². The molecule has 3 aromatic rings. The molecule has 1 aliphatic heterocycles. The molecule has 4 rings (SSSR count). The number of para-hydroxylation sites is 2. The zero-order valence-corrected chi connectivity index (χ0v) is 17.9. The van der Waals surface area contributed by atoms with E-state index in [1.807, 2.05) is 53.4 Å². The second kappa shape index (κ2) is 7.61. The van der Waals surface area contributed by atoms with Crippen LogP contribution >= 0.6 is 11.8 Å². The standard InChI is InChI=1S/C23H25N3O2S/c1-23(2,3)15-9-5-6-11-17(15)28-21-16(10-8-14-25-21)26-20-18(27-4)12-7-13-19(20)29-22(26)24/h5-14,22H,24H2,1-4H3. The molecule has 1 aromatic heterocycles. The predicted molar refractivity (Wildman–Crippen MR) is 118 cm³/mol. The molecule has 0 bridgehead atoms. The van der Waals surface area contributed by atoms with Crippen molar-refractivity contribution in [2.75, 3.05) is 12.0 Å². The summed E-state index contributed by atoms with van der Waals surface area (Å²) in [6, 6.07) is 17.9. The lowest BCUT2D eigenvalue weighted by Crippen LogP contribution is -2.32. The molecule has 0 fully saturated rings. The summed E-state index contributed by atoms with van der Waals surface area (Å²) < 4.78 is 12.0. The number of thioether (sulfide) groups is 1. The van der Waals surface area contributed by atoms with Gasteiger partial charge in [0, 0.05) is 16.7 Å². The second-order valence-electron chi connectivity index (χ2n) is 7.86. The van der Waals surface area contributed by atoms with E-state index in [-0.39, 0.29) is 10.9 Å². The summed E-state index contributed by atoms with van der Waals surface area (Å²) in [7, 11) is 1.67. The first-order valence-corrected chi connectivity index (χ1v) is 10.4. The highest BCUT2D eigenvalue weighted by Gasteiger charge is 2.34. The number of anilines is 2. The topological polar surface area (TPSA) is 60.6 Å². The van der Waals surface area contributed by atoms with Gasteiger partial charge in [-0.25, -0.2) is 4.98 Å². The summed E-state index contributed by atoms with van der Waals surface area (Å²) in [5, 5.41) is 0. The number of ether oxygens (including phenoxy) is 2. The zero-order valence-electron chi connectivity index (χ0n) is 17.0. The molecular weight excluding hydrogens is 382 g/mol. The number of nitrogens with zero attached hydrogens (tertiary/aromatic N) is 2. The Morgan fingerprint density at radius 2 is 1.76 bits per heavy atom. The number of fused-ring (bicyclic) bond motifs is 1. The van der Waals surface area contributed by atoms with Gasteiger partial charge in [0.1, 0.15) is 22.7 Å². The van der Waals surface area contributed by atoms with Crippen LogP contribution in [0.4, 0.5) is 11.4 Å². The number of hydrogen-bond acceptors (Lipinski definition) is 6. The summed E-state index contributed by atoms with van der Waals surface area (Å²) in [4.78, 5) is 7.63. The van der Waals surface area contributed by atoms with Crippen LogP contribution in [0, 0.1) is 0 Å². The molecule has 2 N–H and O–H groups in total. The van der Waals surface area contributed by atoms with Crippen molar-refractivity contribution in [2.24, 2.45) is 5.73 Å². The average Bonchev–Trinajstić information content (AvgIpc) is 3.04. The number of pyridine rings is 1. The van der Waals surface area contributed by atoms with Crippen LogP contribution in [0.2, 0.25) is 0 Å². The molecule has 29 heavy (non-hydrogen) atoms. The van der Waals surface area contributed by atoms with Gasteiger partial charge in [-0.1, -0.05) is 56.8 Å². The molecule has 0 amide bonds. The van der Waals surface area contributed by atoms with Gasteiger partial charge in [0.05, 0.1) is 12.8 Å². The van der Waals surface area contributed by atoms with Gasteiger partial charge in [-0.3, -0.25) is 0 Å². The Balaban J connectivity index is 1.80. The van der Waals surface area contributed by atoms with Crippen LogP contribution in [-0.2, 0) is 5.41 Å². The maximum Gasteiger partial charge on any atom is 0.243 e. The molecule has 0 saturated carbocycles. The van der Waals surface area contributed by atoms with Gasteiger partial charge in [-0.2, -0.15) is 0 Å². The number of methoxy groups -OCH3 is 1. The number of aromatic nitrogens is 1. The van der Waals surface area contributed by atoms with E-state index in [0.717, 1.165) is 33.3 Å². The highest BCUT2D eigenvalue weighted by Crippen LogP contribution is 2.52. The third-order valence-corrected chi connectivity index (χ3v) is 5.87. The van der Waals surface area contributed by atoms with E-state index in [1.54, 1.807) is 25.1 Å². The van der Waals surface area contributed by atoms with Crippen molar-refractivity contribution in [3.8, 4) is 17.4 Å². The fraction of sp³-hybridized carbons (Fsp3) is 0.261. The van der Waals surface area contributed by atoms with Crippen LogP contribution in [-0.4, -0.2) is 17.6 Å². The normalized spacial score (nSPS) is 15.9. The van der Waals surface area contributed by atoms with Crippen molar-refractivity contribution in [1.82, 2.24) is 4.98 Å². The Bertz CT molecular complexity index is 1030. The van der Waals surface area contributed by atoms with Crippen molar-refractivity contribution in [2.45, 2.75) is 36.6 Å².